The van der Waals surface area contributed by atoms with E-state index in [-0.39, 0.29) is 29.3 Å². The van der Waals surface area contributed by atoms with Crippen molar-refractivity contribution in [2.45, 2.75) is 38.8 Å². The third-order valence-electron chi connectivity index (χ3n) is 10.8. The summed E-state index contributed by atoms with van der Waals surface area (Å²) in [6, 6.07) is 56.2. The van der Waals surface area contributed by atoms with Crippen molar-refractivity contribution >= 4 is 48.5 Å². The Morgan fingerprint density at radius 2 is 1.17 bits per heavy atom. The summed E-state index contributed by atoms with van der Waals surface area (Å²) in [5.74, 6) is -0.297. The SMILES string of the molecule is COc1ccc(S(=O)(=O)N(Cc2ccccc2)NC(=O)[C@@H]2C[C@@H](SC(c3ccccc3)(c3ccccc3)c3ccccc3)CN2S(=O)(=O)c2ccc3ccccc3c2)cc1. The number of nitrogens with zero attached hydrogens (tertiary/aromatic N) is 2. The van der Waals surface area contributed by atoms with Crippen molar-refractivity contribution in [1.82, 2.24) is 14.1 Å². The average molecular weight is 854 g/mol. The second-order valence-corrected chi connectivity index (χ2v) is 19.8. The van der Waals surface area contributed by atoms with Crippen LogP contribution in [0.3, 0.4) is 0 Å². The summed E-state index contributed by atoms with van der Waals surface area (Å²) in [6.07, 6.45) is 0.0966. The second-order valence-electron chi connectivity index (χ2n) is 14.5. The molecule has 1 fully saturated rings. The summed E-state index contributed by atoms with van der Waals surface area (Å²) in [5, 5.41) is 1.18. The van der Waals surface area contributed by atoms with Crippen LogP contribution in [0.2, 0.25) is 0 Å². The van der Waals surface area contributed by atoms with E-state index in [2.05, 4.69) is 41.8 Å². The molecule has 0 spiro atoms. The molecule has 1 saturated heterocycles. The second kappa shape index (κ2) is 17.5. The van der Waals surface area contributed by atoms with Crippen LogP contribution in [-0.4, -0.2) is 56.4 Å². The van der Waals surface area contributed by atoms with Gasteiger partial charge in [0.15, 0.2) is 0 Å². The monoisotopic (exact) mass is 853 g/mol. The number of carbonyl (C=O) groups excluding carboxylic acids is 1. The fourth-order valence-corrected chi connectivity index (χ4v) is 12.7. The Bertz CT molecular complexity index is 2700. The Morgan fingerprint density at radius 3 is 1.72 bits per heavy atom. The number of methoxy groups -OCH3 is 1. The van der Waals surface area contributed by atoms with Crippen molar-refractivity contribution < 1.29 is 26.4 Å². The molecule has 1 heterocycles. The molecule has 0 unspecified atom stereocenters. The number of hydrazine groups is 1. The van der Waals surface area contributed by atoms with E-state index < -0.39 is 42.0 Å². The first kappa shape index (κ1) is 41.0. The Hall–Kier alpha value is -5.76. The van der Waals surface area contributed by atoms with Gasteiger partial charge in [-0.3, -0.25) is 10.2 Å². The predicted octanol–water partition coefficient (Wildman–Crippen LogP) is 8.63. The van der Waals surface area contributed by atoms with E-state index in [1.54, 1.807) is 54.2 Å². The Balaban J connectivity index is 1.22. The van der Waals surface area contributed by atoms with E-state index >= 15 is 0 Å². The van der Waals surface area contributed by atoms with Gasteiger partial charge in [-0.05, 0) is 75.8 Å². The van der Waals surface area contributed by atoms with E-state index in [4.69, 9.17) is 4.74 Å². The van der Waals surface area contributed by atoms with Crippen molar-refractivity contribution in [3.8, 4) is 5.75 Å². The molecule has 1 aliphatic rings. The summed E-state index contributed by atoms with van der Waals surface area (Å²) in [7, 11) is -7.19. The van der Waals surface area contributed by atoms with Crippen molar-refractivity contribution in [1.29, 1.82) is 0 Å². The molecule has 7 aromatic rings. The first-order valence-corrected chi connectivity index (χ1v) is 23.2. The van der Waals surface area contributed by atoms with Crippen LogP contribution in [0.5, 0.6) is 5.75 Å². The van der Waals surface area contributed by atoms with Gasteiger partial charge in [-0.15, -0.1) is 16.2 Å². The number of benzene rings is 7. The fourth-order valence-electron chi connectivity index (χ4n) is 7.80. The van der Waals surface area contributed by atoms with Gasteiger partial charge in [0.1, 0.15) is 11.8 Å². The van der Waals surface area contributed by atoms with Gasteiger partial charge in [-0.1, -0.05) is 152 Å². The molecule has 304 valence electrons. The lowest BCUT2D eigenvalue weighted by molar-refractivity contribution is -0.127. The highest BCUT2D eigenvalue weighted by Crippen LogP contribution is 2.52. The average Bonchev–Trinajstić information content (AvgIpc) is 3.74. The number of rotatable bonds is 14. The highest BCUT2D eigenvalue weighted by Gasteiger charge is 2.49. The van der Waals surface area contributed by atoms with E-state index in [1.165, 1.54) is 35.7 Å². The molecular weight excluding hydrogens is 811 g/mol. The number of hydrogen-bond donors (Lipinski definition) is 1. The van der Waals surface area contributed by atoms with Crippen molar-refractivity contribution in [3.63, 3.8) is 0 Å². The van der Waals surface area contributed by atoms with Gasteiger partial charge in [0.05, 0.1) is 28.2 Å². The number of fused-ring (bicyclic) bond motifs is 1. The molecule has 9 nitrogen and oxygen atoms in total. The topological polar surface area (TPSA) is 113 Å². The predicted molar refractivity (Wildman–Crippen MR) is 237 cm³/mol. The standard InChI is InChI=1S/C48H43N3O6S3/c1-57-42-27-30-44(31-28-42)60(55,56)51(34-36-16-6-2-7-17-36)49-47(52)46-33-43(35-50(46)59(53,54)45-29-26-37-18-14-15-19-38(37)32-45)58-48(39-20-8-3-9-21-39,40-22-10-4-11-23-40)41-24-12-5-13-25-41/h2-32,43,46H,33-35H2,1H3,(H,49,52)/t43-,46+/m1/s1. The number of amides is 1. The number of hydrogen-bond acceptors (Lipinski definition) is 7. The zero-order valence-electron chi connectivity index (χ0n) is 32.7. The Labute approximate surface area is 355 Å². The third kappa shape index (κ3) is 8.21. The fraction of sp³-hybridized carbons (Fsp3) is 0.146. The normalized spacial score (nSPS) is 16.2. The van der Waals surface area contributed by atoms with Crippen LogP contribution in [-0.2, 0) is 36.1 Å². The number of sulfonamides is 2. The van der Waals surface area contributed by atoms with Crippen molar-refractivity contribution in [3.05, 3.63) is 210 Å². The minimum Gasteiger partial charge on any atom is -0.497 e. The van der Waals surface area contributed by atoms with Crippen LogP contribution in [0.25, 0.3) is 10.8 Å². The van der Waals surface area contributed by atoms with Gasteiger partial charge in [0, 0.05) is 11.8 Å². The summed E-state index contributed by atoms with van der Waals surface area (Å²) >= 11 is 1.60. The maximum Gasteiger partial charge on any atom is 0.260 e. The van der Waals surface area contributed by atoms with E-state index in [0.29, 0.717) is 11.3 Å². The molecule has 0 saturated carbocycles. The van der Waals surface area contributed by atoms with Gasteiger partial charge in [-0.2, -0.15) is 4.31 Å². The highest BCUT2D eigenvalue weighted by atomic mass is 32.2. The molecular formula is C48H43N3O6S3. The van der Waals surface area contributed by atoms with Gasteiger partial charge >= 0.3 is 0 Å². The Kier molecular flexibility index (Phi) is 11.9. The highest BCUT2D eigenvalue weighted by molar-refractivity contribution is 8.01. The first-order chi connectivity index (χ1) is 29.1. The van der Waals surface area contributed by atoms with Crippen LogP contribution >= 0.6 is 11.8 Å². The first-order valence-electron chi connectivity index (χ1n) is 19.5. The largest absolute Gasteiger partial charge is 0.497 e. The number of nitrogens with one attached hydrogen (secondary N) is 1. The summed E-state index contributed by atoms with van der Waals surface area (Å²) in [4.78, 5) is 14.9. The van der Waals surface area contributed by atoms with Crippen LogP contribution in [0.4, 0.5) is 0 Å². The number of ether oxygens (including phenoxy) is 1. The zero-order chi connectivity index (χ0) is 41.7. The number of carbonyl (C=O) groups is 1. The molecule has 1 N–H and O–H groups in total. The summed E-state index contributed by atoms with van der Waals surface area (Å²) in [5.41, 5.74) is 6.28. The Morgan fingerprint density at radius 1 is 0.667 bits per heavy atom. The van der Waals surface area contributed by atoms with Crippen molar-refractivity contribution in [2.24, 2.45) is 0 Å². The molecule has 0 bridgehead atoms. The summed E-state index contributed by atoms with van der Waals surface area (Å²) in [6.45, 7) is -0.224. The van der Waals surface area contributed by atoms with Crippen molar-refractivity contribution in [2.75, 3.05) is 13.7 Å². The lowest BCUT2D eigenvalue weighted by atomic mass is 9.84. The molecule has 12 heteroatoms. The molecule has 2 atom stereocenters. The lowest BCUT2D eigenvalue weighted by Gasteiger charge is -2.37. The molecule has 7 aromatic carbocycles. The molecule has 0 radical (unpaired) electrons. The third-order valence-corrected chi connectivity index (χ3v) is 16.1. The molecule has 60 heavy (non-hydrogen) atoms. The molecule has 0 aromatic heterocycles. The zero-order valence-corrected chi connectivity index (χ0v) is 35.2. The van der Waals surface area contributed by atoms with Crippen LogP contribution in [0, 0.1) is 0 Å². The van der Waals surface area contributed by atoms with Gasteiger partial charge in [-0.25, -0.2) is 16.8 Å². The molecule has 8 rings (SSSR count). The minimum atomic E-state index is -4.36. The number of thioether (sulfide) groups is 1. The summed E-state index contributed by atoms with van der Waals surface area (Å²) < 4.78 is 65.3. The molecule has 0 aliphatic carbocycles. The molecule has 1 aliphatic heterocycles. The smallest absolute Gasteiger partial charge is 0.260 e. The van der Waals surface area contributed by atoms with Crippen LogP contribution in [0.15, 0.2) is 198 Å². The maximum absolute atomic E-state index is 15.0. The maximum atomic E-state index is 15.0. The van der Waals surface area contributed by atoms with Gasteiger partial charge in [0.2, 0.25) is 10.0 Å². The van der Waals surface area contributed by atoms with Crippen LogP contribution in [0.1, 0.15) is 28.7 Å². The van der Waals surface area contributed by atoms with Gasteiger partial charge < -0.3 is 4.74 Å². The van der Waals surface area contributed by atoms with E-state index in [9.17, 15) is 21.6 Å². The molecule has 1 amide bonds. The van der Waals surface area contributed by atoms with E-state index in [1.807, 2.05) is 84.9 Å². The van der Waals surface area contributed by atoms with Crippen LogP contribution < -0.4 is 10.2 Å². The van der Waals surface area contributed by atoms with E-state index in [0.717, 1.165) is 31.9 Å². The lowest BCUT2D eigenvalue weighted by Crippen LogP contribution is -2.53. The minimum absolute atomic E-state index is 0.0178. The van der Waals surface area contributed by atoms with Gasteiger partial charge in [0.25, 0.3) is 15.9 Å². The quantitative estimate of drug-likeness (QED) is 0.0862.